The van der Waals surface area contributed by atoms with Gasteiger partial charge in [0.05, 0.1) is 4.75 Å². The number of halogens is 1. The summed E-state index contributed by atoms with van der Waals surface area (Å²) in [6, 6.07) is 0. The van der Waals surface area contributed by atoms with Gasteiger partial charge < -0.3 is 10.4 Å². The maximum atomic E-state index is 11.7. The first kappa shape index (κ1) is 13.7. The largest absolute Gasteiger partial charge is 0.480 e. The Hall–Kier alpha value is -0.330. The van der Waals surface area contributed by atoms with Crippen LogP contribution in [0.5, 0.6) is 0 Å². The van der Waals surface area contributed by atoms with Crippen LogP contribution < -0.4 is 5.32 Å². The summed E-state index contributed by atoms with van der Waals surface area (Å²) in [5.41, 5.74) is 0. The molecule has 2 N–H and O–H groups in total. The summed E-state index contributed by atoms with van der Waals surface area (Å²) >= 11 is 0. The molecule has 0 aromatic carbocycles. The minimum absolute atomic E-state index is 0. The van der Waals surface area contributed by atoms with Gasteiger partial charge in [-0.25, -0.2) is 8.42 Å². The van der Waals surface area contributed by atoms with E-state index in [0.717, 1.165) is 0 Å². The molecule has 1 unspecified atom stereocenters. The molecular weight excluding hydrogens is 230 g/mol. The van der Waals surface area contributed by atoms with E-state index in [1.54, 1.807) is 0 Å². The van der Waals surface area contributed by atoms with Crippen LogP contribution in [0.25, 0.3) is 0 Å². The second-order valence-electron chi connectivity index (χ2n) is 3.76. The van der Waals surface area contributed by atoms with Gasteiger partial charge >= 0.3 is 5.97 Å². The van der Waals surface area contributed by atoms with E-state index in [1.807, 2.05) is 0 Å². The molecule has 1 aliphatic rings. The summed E-state index contributed by atoms with van der Waals surface area (Å²) in [7, 11) is -3.56. The summed E-state index contributed by atoms with van der Waals surface area (Å²) in [5.74, 6) is -1.28. The standard InChI is InChI=1S/C7H13NO4S.ClH/c1-7(2)4-8-3-5(6(9)10)13(7,11)12;/h5,8H,3-4H2,1-2H3,(H,9,10);1H. The lowest BCUT2D eigenvalue weighted by atomic mass is 10.2. The summed E-state index contributed by atoms with van der Waals surface area (Å²) < 4.78 is 22.3. The van der Waals surface area contributed by atoms with Crippen LogP contribution in [0.2, 0.25) is 0 Å². The van der Waals surface area contributed by atoms with Crippen molar-refractivity contribution in [2.75, 3.05) is 13.1 Å². The van der Waals surface area contributed by atoms with Crippen molar-refractivity contribution in [3.8, 4) is 0 Å². The van der Waals surface area contributed by atoms with Crippen LogP contribution in [0, 0.1) is 0 Å². The number of carboxylic acids is 1. The molecule has 5 nitrogen and oxygen atoms in total. The molecule has 0 bridgehead atoms. The minimum Gasteiger partial charge on any atom is -0.480 e. The van der Waals surface area contributed by atoms with Gasteiger partial charge in [-0.15, -0.1) is 12.4 Å². The molecule has 1 aliphatic heterocycles. The molecule has 1 fully saturated rings. The zero-order chi connectivity index (χ0) is 10.3. The smallest absolute Gasteiger partial charge is 0.323 e. The van der Waals surface area contributed by atoms with E-state index in [-0.39, 0.29) is 19.0 Å². The van der Waals surface area contributed by atoms with Gasteiger partial charge in [-0.3, -0.25) is 4.79 Å². The van der Waals surface area contributed by atoms with Gasteiger partial charge in [-0.2, -0.15) is 0 Å². The highest BCUT2D eigenvalue weighted by molar-refractivity contribution is 7.94. The first-order chi connectivity index (χ1) is 5.79. The number of aliphatic carboxylic acids is 1. The predicted molar refractivity (Wildman–Crippen MR) is 54.5 cm³/mol. The Balaban J connectivity index is 0.00000169. The van der Waals surface area contributed by atoms with Crippen molar-refractivity contribution in [2.24, 2.45) is 0 Å². The number of rotatable bonds is 1. The third-order valence-electron chi connectivity index (χ3n) is 2.30. The zero-order valence-corrected chi connectivity index (χ0v) is 9.61. The number of carbonyl (C=O) groups is 1. The van der Waals surface area contributed by atoms with E-state index in [4.69, 9.17) is 5.11 Å². The number of sulfone groups is 1. The molecule has 1 rings (SSSR count). The monoisotopic (exact) mass is 243 g/mol. The van der Waals surface area contributed by atoms with Crippen molar-refractivity contribution < 1.29 is 18.3 Å². The Labute approximate surface area is 89.2 Å². The van der Waals surface area contributed by atoms with Gasteiger partial charge in [0.2, 0.25) is 0 Å². The van der Waals surface area contributed by atoms with Crippen LogP contribution in [0.3, 0.4) is 0 Å². The fourth-order valence-electron chi connectivity index (χ4n) is 1.32. The Kier molecular flexibility index (Phi) is 3.94. The van der Waals surface area contributed by atoms with Crippen molar-refractivity contribution in [3.63, 3.8) is 0 Å². The second-order valence-corrected chi connectivity index (χ2v) is 6.53. The van der Waals surface area contributed by atoms with E-state index < -0.39 is 25.8 Å². The molecule has 1 heterocycles. The van der Waals surface area contributed by atoms with Crippen molar-refractivity contribution in [1.82, 2.24) is 5.32 Å². The van der Waals surface area contributed by atoms with E-state index in [2.05, 4.69) is 5.32 Å². The number of hydrogen-bond donors (Lipinski definition) is 2. The third-order valence-corrected chi connectivity index (χ3v) is 5.10. The maximum absolute atomic E-state index is 11.7. The number of hydrogen-bond acceptors (Lipinski definition) is 4. The summed E-state index contributed by atoms with van der Waals surface area (Å²) in [6.45, 7) is 3.37. The van der Waals surface area contributed by atoms with E-state index >= 15 is 0 Å². The molecule has 0 saturated carbocycles. The fraction of sp³-hybridized carbons (Fsp3) is 0.857. The topological polar surface area (TPSA) is 83.5 Å². The van der Waals surface area contributed by atoms with Crippen molar-refractivity contribution in [1.29, 1.82) is 0 Å². The molecule has 1 saturated heterocycles. The van der Waals surface area contributed by atoms with Crippen molar-refractivity contribution in [2.45, 2.75) is 23.8 Å². The molecule has 0 aliphatic carbocycles. The van der Waals surface area contributed by atoms with E-state index in [9.17, 15) is 13.2 Å². The molecular formula is C7H14ClNO4S. The highest BCUT2D eigenvalue weighted by Crippen LogP contribution is 2.24. The lowest BCUT2D eigenvalue weighted by molar-refractivity contribution is -0.136. The van der Waals surface area contributed by atoms with E-state index in [0.29, 0.717) is 6.54 Å². The third kappa shape index (κ3) is 2.02. The Morgan fingerprint density at radius 2 is 2.00 bits per heavy atom. The molecule has 0 aromatic rings. The van der Waals surface area contributed by atoms with Gasteiger partial charge in [-0.1, -0.05) is 0 Å². The van der Waals surface area contributed by atoms with Crippen LogP contribution in [0.1, 0.15) is 13.8 Å². The predicted octanol–water partition coefficient (Wildman–Crippen LogP) is -0.342. The van der Waals surface area contributed by atoms with Crippen molar-refractivity contribution >= 4 is 28.2 Å². The normalized spacial score (nSPS) is 28.9. The van der Waals surface area contributed by atoms with Gasteiger partial charge in [0.25, 0.3) is 0 Å². The molecule has 1 atom stereocenters. The van der Waals surface area contributed by atoms with Gasteiger partial charge in [0.15, 0.2) is 15.1 Å². The zero-order valence-electron chi connectivity index (χ0n) is 7.98. The fourth-order valence-corrected chi connectivity index (χ4v) is 3.00. The molecule has 14 heavy (non-hydrogen) atoms. The van der Waals surface area contributed by atoms with Crippen LogP contribution in [-0.2, 0) is 14.6 Å². The average Bonchev–Trinajstić information content (AvgIpc) is 1.94. The van der Waals surface area contributed by atoms with Crippen LogP contribution >= 0.6 is 12.4 Å². The Morgan fingerprint density at radius 3 is 2.36 bits per heavy atom. The molecule has 0 radical (unpaired) electrons. The first-order valence-corrected chi connectivity index (χ1v) is 5.50. The molecule has 84 valence electrons. The summed E-state index contributed by atoms with van der Waals surface area (Å²) in [4.78, 5) is 10.6. The van der Waals surface area contributed by atoms with Crippen LogP contribution in [0.4, 0.5) is 0 Å². The minimum atomic E-state index is -3.56. The maximum Gasteiger partial charge on any atom is 0.323 e. The molecule has 0 amide bonds. The molecule has 0 aromatic heterocycles. The average molecular weight is 244 g/mol. The SMILES string of the molecule is CC1(C)CNCC(C(=O)O)S1(=O)=O.Cl. The summed E-state index contributed by atoms with van der Waals surface area (Å²) in [5, 5.41) is 10.2. The highest BCUT2D eigenvalue weighted by Gasteiger charge is 2.47. The van der Waals surface area contributed by atoms with Gasteiger partial charge in [0, 0.05) is 13.1 Å². The Morgan fingerprint density at radius 1 is 1.50 bits per heavy atom. The van der Waals surface area contributed by atoms with Gasteiger partial charge in [0.1, 0.15) is 0 Å². The number of nitrogens with one attached hydrogen (secondary N) is 1. The van der Waals surface area contributed by atoms with Crippen molar-refractivity contribution in [3.05, 3.63) is 0 Å². The van der Waals surface area contributed by atoms with E-state index in [1.165, 1.54) is 13.8 Å². The summed E-state index contributed by atoms with van der Waals surface area (Å²) in [6.07, 6.45) is 0. The first-order valence-electron chi connectivity index (χ1n) is 3.96. The lowest BCUT2D eigenvalue weighted by Crippen LogP contribution is -2.58. The second kappa shape index (κ2) is 4.04. The Bertz CT molecular complexity index is 325. The number of carboxylic acid groups (broad SMARTS) is 1. The quantitative estimate of drug-likeness (QED) is 0.658. The molecule has 7 heteroatoms. The van der Waals surface area contributed by atoms with Crippen LogP contribution in [-0.4, -0.2) is 42.6 Å². The van der Waals surface area contributed by atoms with Crippen LogP contribution in [0.15, 0.2) is 0 Å². The lowest BCUT2D eigenvalue weighted by Gasteiger charge is -2.33. The highest BCUT2D eigenvalue weighted by atomic mass is 35.5. The van der Waals surface area contributed by atoms with Gasteiger partial charge in [-0.05, 0) is 13.8 Å². The molecule has 0 spiro atoms.